The predicted molar refractivity (Wildman–Crippen MR) is 65.4 cm³/mol. The molecule has 0 aromatic rings. The standard InChI is InChI=1S/C13H25NO2/c1-13(2,3)12(16)7-8-14(9-10-15)11-5-4-6-11/h11,15H,4-10H2,1-3H3. The van der Waals surface area contributed by atoms with Crippen LogP contribution in [-0.2, 0) is 4.79 Å². The number of nitrogens with zero attached hydrogens (tertiary/aromatic N) is 1. The second-order valence-corrected chi connectivity index (χ2v) is 5.77. The Hall–Kier alpha value is -0.410. The lowest BCUT2D eigenvalue weighted by Gasteiger charge is -2.37. The fourth-order valence-corrected chi connectivity index (χ4v) is 1.98. The lowest BCUT2D eigenvalue weighted by Crippen LogP contribution is -2.43. The summed E-state index contributed by atoms with van der Waals surface area (Å²) >= 11 is 0. The van der Waals surface area contributed by atoms with Crippen molar-refractivity contribution >= 4 is 5.78 Å². The first-order valence-electron chi connectivity index (χ1n) is 6.33. The van der Waals surface area contributed by atoms with E-state index in [0.29, 0.717) is 24.8 Å². The number of rotatable bonds is 6. The van der Waals surface area contributed by atoms with E-state index in [0.717, 1.165) is 6.54 Å². The summed E-state index contributed by atoms with van der Waals surface area (Å²) in [6.07, 6.45) is 4.35. The minimum absolute atomic E-state index is 0.195. The van der Waals surface area contributed by atoms with Crippen LogP contribution in [-0.4, -0.2) is 41.5 Å². The van der Waals surface area contributed by atoms with Crippen LogP contribution in [0.25, 0.3) is 0 Å². The van der Waals surface area contributed by atoms with Gasteiger partial charge in [0.1, 0.15) is 5.78 Å². The highest BCUT2D eigenvalue weighted by atomic mass is 16.3. The van der Waals surface area contributed by atoms with Gasteiger partial charge in [-0.05, 0) is 12.8 Å². The zero-order valence-corrected chi connectivity index (χ0v) is 10.8. The fourth-order valence-electron chi connectivity index (χ4n) is 1.98. The van der Waals surface area contributed by atoms with E-state index in [4.69, 9.17) is 5.11 Å². The van der Waals surface area contributed by atoms with Crippen LogP contribution in [0.15, 0.2) is 0 Å². The van der Waals surface area contributed by atoms with Gasteiger partial charge in [-0.1, -0.05) is 27.2 Å². The Labute approximate surface area is 98.8 Å². The predicted octanol–water partition coefficient (Wildman–Crippen LogP) is 1.84. The molecule has 0 spiro atoms. The van der Waals surface area contributed by atoms with Gasteiger partial charge in [-0.25, -0.2) is 0 Å². The van der Waals surface area contributed by atoms with Gasteiger partial charge >= 0.3 is 0 Å². The van der Waals surface area contributed by atoms with E-state index in [1.807, 2.05) is 20.8 Å². The minimum Gasteiger partial charge on any atom is -0.395 e. The number of hydrogen-bond donors (Lipinski definition) is 1. The van der Waals surface area contributed by atoms with Gasteiger partial charge < -0.3 is 5.11 Å². The van der Waals surface area contributed by atoms with Crippen molar-refractivity contribution in [2.24, 2.45) is 5.41 Å². The lowest BCUT2D eigenvalue weighted by molar-refractivity contribution is -0.126. The van der Waals surface area contributed by atoms with Gasteiger partial charge in [0, 0.05) is 31.0 Å². The minimum atomic E-state index is -0.232. The first-order chi connectivity index (χ1) is 7.45. The van der Waals surface area contributed by atoms with E-state index in [9.17, 15) is 4.79 Å². The average Bonchev–Trinajstić information content (AvgIpc) is 2.09. The number of hydrogen-bond acceptors (Lipinski definition) is 3. The van der Waals surface area contributed by atoms with Crippen LogP contribution in [0.2, 0.25) is 0 Å². The normalized spacial score (nSPS) is 17.6. The van der Waals surface area contributed by atoms with Crippen LogP contribution in [0.5, 0.6) is 0 Å². The molecule has 0 bridgehead atoms. The molecule has 0 aromatic heterocycles. The van der Waals surface area contributed by atoms with E-state index in [-0.39, 0.29) is 12.0 Å². The molecule has 3 heteroatoms. The first kappa shape index (κ1) is 13.7. The van der Waals surface area contributed by atoms with Crippen molar-refractivity contribution in [3.8, 4) is 0 Å². The number of carbonyl (C=O) groups excluding carboxylic acids is 1. The maximum absolute atomic E-state index is 11.8. The van der Waals surface area contributed by atoms with Crippen molar-refractivity contribution in [1.29, 1.82) is 0 Å². The molecule has 1 N–H and O–H groups in total. The molecule has 0 aliphatic heterocycles. The van der Waals surface area contributed by atoms with Gasteiger partial charge in [-0.3, -0.25) is 9.69 Å². The molecule has 0 aromatic carbocycles. The van der Waals surface area contributed by atoms with Crippen molar-refractivity contribution in [1.82, 2.24) is 4.90 Å². The van der Waals surface area contributed by atoms with Crippen LogP contribution >= 0.6 is 0 Å². The molecule has 1 fully saturated rings. The van der Waals surface area contributed by atoms with Gasteiger partial charge in [-0.15, -0.1) is 0 Å². The third-order valence-electron chi connectivity index (χ3n) is 3.44. The number of carbonyl (C=O) groups is 1. The zero-order chi connectivity index (χ0) is 12.2. The Morgan fingerprint density at radius 1 is 1.31 bits per heavy atom. The Balaban J connectivity index is 2.34. The summed E-state index contributed by atoms with van der Waals surface area (Å²) in [6.45, 7) is 7.61. The van der Waals surface area contributed by atoms with E-state index in [2.05, 4.69) is 4.90 Å². The molecule has 0 amide bonds. The monoisotopic (exact) mass is 227 g/mol. The average molecular weight is 227 g/mol. The Bertz CT molecular complexity index is 229. The highest BCUT2D eigenvalue weighted by Crippen LogP contribution is 2.25. The van der Waals surface area contributed by atoms with E-state index >= 15 is 0 Å². The first-order valence-corrected chi connectivity index (χ1v) is 6.33. The molecule has 0 radical (unpaired) electrons. The summed E-state index contributed by atoms with van der Waals surface area (Å²) in [6, 6.07) is 0.611. The number of ketones is 1. The number of aliphatic hydroxyl groups excluding tert-OH is 1. The van der Waals surface area contributed by atoms with Crippen LogP contribution in [0.4, 0.5) is 0 Å². The second-order valence-electron chi connectivity index (χ2n) is 5.77. The smallest absolute Gasteiger partial charge is 0.139 e. The summed E-state index contributed by atoms with van der Waals surface area (Å²) in [5, 5.41) is 9.00. The van der Waals surface area contributed by atoms with Crippen molar-refractivity contribution in [3.05, 3.63) is 0 Å². The van der Waals surface area contributed by atoms with Crippen molar-refractivity contribution < 1.29 is 9.90 Å². The molecule has 1 saturated carbocycles. The molecule has 94 valence electrons. The van der Waals surface area contributed by atoms with Crippen LogP contribution in [0.1, 0.15) is 46.5 Å². The topological polar surface area (TPSA) is 40.5 Å². The van der Waals surface area contributed by atoms with Gasteiger partial charge in [0.15, 0.2) is 0 Å². The maximum atomic E-state index is 11.8. The fraction of sp³-hybridized carbons (Fsp3) is 0.923. The van der Waals surface area contributed by atoms with E-state index in [1.54, 1.807) is 0 Å². The van der Waals surface area contributed by atoms with Crippen LogP contribution in [0.3, 0.4) is 0 Å². The van der Waals surface area contributed by atoms with Crippen molar-refractivity contribution in [2.45, 2.75) is 52.5 Å². The second kappa shape index (κ2) is 5.78. The van der Waals surface area contributed by atoms with Crippen LogP contribution < -0.4 is 0 Å². The third kappa shape index (κ3) is 3.87. The Morgan fingerprint density at radius 2 is 1.94 bits per heavy atom. The molecular formula is C13H25NO2. The van der Waals surface area contributed by atoms with Crippen molar-refractivity contribution in [2.75, 3.05) is 19.7 Å². The summed E-state index contributed by atoms with van der Waals surface area (Å²) in [5.74, 6) is 0.315. The maximum Gasteiger partial charge on any atom is 0.139 e. The number of aliphatic hydroxyl groups is 1. The summed E-state index contributed by atoms with van der Waals surface area (Å²) in [5.41, 5.74) is -0.232. The molecule has 0 heterocycles. The van der Waals surface area contributed by atoms with Gasteiger partial charge in [-0.2, -0.15) is 0 Å². The number of Topliss-reactive ketones (excluding diaryl/α,β-unsaturated/α-hetero) is 1. The molecule has 3 nitrogen and oxygen atoms in total. The molecule has 0 atom stereocenters. The third-order valence-corrected chi connectivity index (χ3v) is 3.44. The van der Waals surface area contributed by atoms with E-state index < -0.39 is 0 Å². The molecule has 1 aliphatic rings. The van der Waals surface area contributed by atoms with Crippen molar-refractivity contribution in [3.63, 3.8) is 0 Å². The SMILES string of the molecule is CC(C)(C)C(=O)CCN(CCO)C1CCC1. The van der Waals surface area contributed by atoms with Gasteiger partial charge in [0.2, 0.25) is 0 Å². The highest BCUT2D eigenvalue weighted by Gasteiger charge is 2.26. The summed E-state index contributed by atoms with van der Waals surface area (Å²) < 4.78 is 0. The van der Waals surface area contributed by atoms with Gasteiger partial charge in [0.05, 0.1) is 6.61 Å². The molecule has 16 heavy (non-hydrogen) atoms. The molecule has 0 saturated heterocycles. The lowest BCUT2D eigenvalue weighted by atomic mass is 9.87. The van der Waals surface area contributed by atoms with Gasteiger partial charge in [0.25, 0.3) is 0 Å². The van der Waals surface area contributed by atoms with E-state index in [1.165, 1.54) is 19.3 Å². The highest BCUT2D eigenvalue weighted by molar-refractivity contribution is 5.83. The zero-order valence-electron chi connectivity index (χ0n) is 10.8. The quantitative estimate of drug-likeness (QED) is 0.752. The summed E-state index contributed by atoms with van der Waals surface area (Å²) in [7, 11) is 0. The van der Waals surface area contributed by atoms with Crippen LogP contribution in [0, 0.1) is 5.41 Å². The largest absolute Gasteiger partial charge is 0.395 e. The Kier molecular flexibility index (Phi) is 4.93. The molecule has 0 unspecified atom stereocenters. The summed E-state index contributed by atoms with van der Waals surface area (Å²) in [4.78, 5) is 14.1. The molecule has 1 aliphatic carbocycles. The molecule has 1 rings (SSSR count). The Morgan fingerprint density at radius 3 is 2.31 bits per heavy atom. The molecular weight excluding hydrogens is 202 g/mol.